The van der Waals surface area contributed by atoms with E-state index in [0.717, 1.165) is 55.6 Å². The lowest BCUT2D eigenvalue weighted by atomic mass is 9.95. The Morgan fingerprint density at radius 3 is 0.619 bits per heavy atom. The number of methoxy groups -OCH3 is 1. The van der Waals surface area contributed by atoms with Gasteiger partial charge in [0.05, 0.1) is 85.9 Å². The summed E-state index contributed by atoms with van der Waals surface area (Å²) < 4.78 is 116. The van der Waals surface area contributed by atoms with Crippen molar-refractivity contribution in [3.05, 3.63) is 359 Å². The van der Waals surface area contributed by atoms with E-state index in [2.05, 4.69) is 0 Å². The fourth-order valence-electron chi connectivity index (χ4n) is 13.4. The van der Waals surface area contributed by atoms with Gasteiger partial charge in [0.25, 0.3) is 0 Å². The number of hydrogen-bond acceptors (Lipinski definition) is 16. The van der Waals surface area contributed by atoms with E-state index in [0.29, 0.717) is 6.61 Å². The van der Waals surface area contributed by atoms with Gasteiger partial charge >= 0.3 is 0 Å². The van der Waals surface area contributed by atoms with Gasteiger partial charge in [0.15, 0.2) is 18.9 Å². The van der Waals surface area contributed by atoms with Crippen LogP contribution in [0.4, 0.5) is 0 Å². The molecular weight excluding hydrogens is 1320 g/mol. The Morgan fingerprint density at radius 2 is 0.381 bits per heavy atom. The molecule has 0 unspecified atom stereocenters. The maximum atomic E-state index is 7.89. The molecule has 0 aromatic heterocycles. The van der Waals surface area contributed by atoms with Gasteiger partial charge in [-0.15, -0.1) is 0 Å². The van der Waals surface area contributed by atoms with Crippen LogP contribution < -0.4 is 0 Å². The summed E-state index contributed by atoms with van der Waals surface area (Å²) >= 11 is 0. The van der Waals surface area contributed by atoms with Gasteiger partial charge in [0, 0.05) is 7.11 Å². The molecule has 3 heterocycles. The van der Waals surface area contributed by atoms with Crippen LogP contribution in [0.3, 0.4) is 0 Å². The fourth-order valence-corrected chi connectivity index (χ4v) is 13.4. The largest absolute Gasteiger partial charge is 0.374 e. The maximum Gasteiger partial charge on any atom is 0.187 e. The number of benzene rings is 10. The third-order valence-corrected chi connectivity index (χ3v) is 18.8. The molecule has 0 amide bonds. The van der Waals surface area contributed by atoms with Crippen LogP contribution in [0, 0.1) is 0 Å². The Kier molecular flexibility index (Phi) is 28.7. The lowest BCUT2D eigenvalue weighted by Crippen LogP contribution is -2.68. The van der Waals surface area contributed by atoms with E-state index >= 15 is 0 Å². The van der Waals surface area contributed by atoms with Crippen LogP contribution >= 0.6 is 0 Å². The van der Waals surface area contributed by atoms with Gasteiger partial charge in [-0.25, -0.2) is 0 Å². The Hall–Kier alpha value is -8.44. The summed E-state index contributed by atoms with van der Waals surface area (Å²) in [6, 6.07) is 100. The van der Waals surface area contributed by atoms with Gasteiger partial charge in [-0.1, -0.05) is 303 Å². The zero-order valence-electron chi connectivity index (χ0n) is 59.3. The molecule has 3 aliphatic rings. The van der Waals surface area contributed by atoms with E-state index in [9.17, 15) is 0 Å². The molecule has 0 radical (unpaired) electrons. The Labute approximate surface area is 616 Å². The molecule has 0 N–H and O–H groups in total. The van der Waals surface area contributed by atoms with Gasteiger partial charge < -0.3 is 75.8 Å². The summed E-state index contributed by atoms with van der Waals surface area (Å²) in [7, 11) is 1.61. The molecule has 16 nitrogen and oxygen atoms in total. The first-order valence-electron chi connectivity index (χ1n) is 36.3. The van der Waals surface area contributed by atoms with Crippen molar-refractivity contribution < 1.29 is 75.8 Å². The first kappa shape index (κ1) is 74.8. The molecule has 10 aromatic rings. The van der Waals surface area contributed by atoms with Gasteiger partial charge in [-0.2, -0.15) is 0 Å². The first-order chi connectivity index (χ1) is 52.0. The number of ether oxygens (including phenoxy) is 16. The molecule has 546 valence electrons. The Bertz CT molecular complexity index is 3980. The Balaban J connectivity index is 0.934. The van der Waals surface area contributed by atoms with E-state index in [1.165, 1.54) is 0 Å². The number of hydrogen-bond donors (Lipinski definition) is 0. The Morgan fingerprint density at radius 1 is 0.200 bits per heavy atom. The van der Waals surface area contributed by atoms with Crippen molar-refractivity contribution in [2.75, 3.05) is 26.9 Å². The number of rotatable bonds is 38. The van der Waals surface area contributed by atoms with Crippen molar-refractivity contribution in [1.29, 1.82) is 0 Å². The summed E-state index contributed by atoms with van der Waals surface area (Å²) in [6.45, 7) is 2.10. The predicted molar refractivity (Wildman–Crippen MR) is 396 cm³/mol. The highest BCUT2D eigenvalue weighted by molar-refractivity contribution is 5.21. The molecule has 0 spiro atoms. The van der Waals surface area contributed by atoms with Crippen LogP contribution in [0.15, 0.2) is 303 Å². The average Bonchev–Trinajstić information content (AvgIpc) is 0.763. The quantitative estimate of drug-likeness (QED) is 0.0361. The molecule has 16 heteroatoms. The second kappa shape index (κ2) is 40.3. The molecule has 10 aromatic carbocycles. The summed E-state index contributed by atoms with van der Waals surface area (Å²) in [5.74, 6) is 0. The van der Waals surface area contributed by atoms with E-state index in [1.807, 2.05) is 303 Å². The molecule has 3 saturated heterocycles. The van der Waals surface area contributed by atoms with Crippen LogP contribution in [-0.4, -0.2) is 119 Å². The van der Waals surface area contributed by atoms with Gasteiger partial charge in [-0.05, 0) is 55.6 Å². The normalized spacial score (nSPS) is 24.6. The smallest absolute Gasteiger partial charge is 0.187 e. The molecule has 3 aliphatic heterocycles. The fraction of sp³-hybridized carbons (Fsp3) is 0.326. The van der Waals surface area contributed by atoms with E-state index in [1.54, 1.807) is 7.11 Å². The highest BCUT2D eigenvalue weighted by Gasteiger charge is 2.57. The minimum atomic E-state index is -1.28. The SMILES string of the molecule is CO[C@@H]1O[C@H](COCc2ccccc2)[C@@H](O[C@@H]2O[C@H](COCc3ccccc3)[C@H](O[C@H]3O[C@H](COCc4ccccc4)[C@H](OCc4ccccc4)[C@H](OCc4ccccc4)[C@H]3OCc3ccccc3)[C@H](OCc3ccccc3)[C@H]2OCc2ccccc2)[C@H](OCc2ccccc2)[C@H]1OCc1ccccc1. The summed E-state index contributed by atoms with van der Waals surface area (Å²) in [5, 5.41) is 0. The van der Waals surface area contributed by atoms with Crippen LogP contribution in [0.1, 0.15) is 55.6 Å². The van der Waals surface area contributed by atoms with Crippen molar-refractivity contribution in [1.82, 2.24) is 0 Å². The molecule has 13 rings (SSSR count). The van der Waals surface area contributed by atoms with Crippen LogP contribution in [0.2, 0.25) is 0 Å². The van der Waals surface area contributed by atoms with Crippen molar-refractivity contribution in [2.45, 2.75) is 158 Å². The van der Waals surface area contributed by atoms with Gasteiger partial charge in [-0.3, -0.25) is 0 Å². The zero-order valence-corrected chi connectivity index (χ0v) is 59.3. The van der Waals surface area contributed by atoms with Crippen molar-refractivity contribution >= 4 is 0 Å². The monoisotopic (exact) mass is 1420 g/mol. The van der Waals surface area contributed by atoms with Gasteiger partial charge in [0.2, 0.25) is 0 Å². The molecule has 15 atom stereocenters. The third kappa shape index (κ3) is 22.1. The second-order valence-corrected chi connectivity index (χ2v) is 26.4. The van der Waals surface area contributed by atoms with Crippen LogP contribution in [0.5, 0.6) is 0 Å². The predicted octanol–water partition coefficient (Wildman–Crippen LogP) is 15.3. The molecule has 0 aliphatic carbocycles. The van der Waals surface area contributed by atoms with E-state index in [4.69, 9.17) is 75.8 Å². The maximum absolute atomic E-state index is 7.89. The highest BCUT2D eigenvalue weighted by atomic mass is 16.8. The standard InChI is InChI=1S/C89H94O16/c1-90-87-84(98-59-72-46-26-9-27-47-72)82(96-57-70-42-22-7-23-43-70)79(76(101-87)63-92-53-66-34-14-3-15-35-66)104-89-86(100-61-74-50-30-11-31-51-74)83(97-58-71-44-24-8-25-45-71)80(77(103-89)64-93-54-67-36-16-4-17-37-67)105-88-85(99-60-73-48-28-10-29-49-73)81(95-56-69-40-20-6-21-41-69)78(94-55-68-38-18-5-19-39-68)75(102-88)62-91-52-65-32-12-2-13-33-65/h2-51,75-89H,52-64H2,1H3/t75-,76-,77-,78+,79-,80+,81+,82+,83+,84-,85-,86-,87-,88-,89+/m1/s1. The lowest BCUT2D eigenvalue weighted by Gasteiger charge is -2.51. The molecule has 0 bridgehead atoms. The molecule has 105 heavy (non-hydrogen) atoms. The summed E-state index contributed by atoms with van der Waals surface area (Å²) in [6.07, 6.45) is -14.8. The summed E-state index contributed by atoms with van der Waals surface area (Å²) in [5.41, 5.74) is 9.42. The van der Waals surface area contributed by atoms with E-state index in [-0.39, 0.29) is 79.3 Å². The molecule has 0 saturated carbocycles. The second-order valence-electron chi connectivity index (χ2n) is 26.4. The van der Waals surface area contributed by atoms with Crippen molar-refractivity contribution in [3.63, 3.8) is 0 Å². The van der Waals surface area contributed by atoms with Crippen molar-refractivity contribution in [2.24, 2.45) is 0 Å². The van der Waals surface area contributed by atoms with Crippen molar-refractivity contribution in [3.8, 4) is 0 Å². The lowest BCUT2D eigenvalue weighted by molar-refractivity contribution is -0.394. The molecule has 3 fully saturated rings. The highest BCUT2D eigenvalue weighted by Crippen LogP contribution is 2.40. The minimum absolute atomic E-state index is 0.0358. The third-order valence-electron chi connectivity index (χ3n) is 18.8. The first-order valence-corrected chi connectivity index (χ1v) is 36.3. The van der Waals surface area contributed by atoms with E-state index < -0.39 is 92.1 Å². The van der Waals surface area contributed by atoms with Gasteiger partial charge in [0.1, 0.15) is 73.2 Å². The topological polar surface area (TPSA) is 148 Å². The zero-order chi connectivity index (χ0) is 71.3. The van der Waals surface area contributed by atoms with Crippen LogP contribution in [0.25, 0.3) is 0 Å². The minimum Gasteiger partial charge on any atom is -0.374 e. The summed E-state index contributed by atoms with van der Waals surface area (Å²) in [4.78, 5) is 0. The molecular formula is C89H94O16. The average molecular weight is 1420 g/mol. The van der Waals surface area contributed by atoms with Crippen LogP contribution in [-0.2, 0) is 142 Å².